The molecule has 0 amide bonds. The van der Waals surface area contributed by atoms with E-state index in [0.717, 1.165) is 6.42 Å². The highest BCUT2D eigenvalue weighted by atomic mass is 16.3. The molecular weight excluding hydrogens is 196 g/mol. The Morgan fingerprint density at radius 1 is 0.812 bits per heavy atom. The van der Waals surface area contributed by atoms with Gasteiger partial charge in [0.05, 0.1) is 0 Å². The number of rotatable bonds is 6. The van der Waals surface area contributed by atoms with E-state index in [1.807, 2.05) is 0 Å². The normalized spacial score (nSPS) is 10.7. The smallest absolute Gasteiger partial charge is 0.0459 e. The molecule has 0 spiro atoms. The molecule has 102 valence electrons. The maximum atomic E-state index is 8.83. The van der Waals surface area contributed by atoms with Gasteiger partial charge in [0.2, 0.25) is 0 Å². The zero-order chi connectivity index (χ0) is 13.2. The first-order chi connectivity index (χ1) is 7.67. The molecular formula is C15H36O. The molecule has 1 nitrogen and oxygen atoms in total. The van der Waals surface area contributed by atoms with Crippen molar-refractivity contribution in [2.75, 3.05) is 6.61 Å². The minimum Gasteiger partial charge on any atom is -0.396 e. The van der Waals surface area contributed by atoms with Gasteiger partial charge in [0, 0.05) is 6.61 Å². The summed E-state index contributed by atoms with van der Waals surface area (Å²) in [5.41, 5.74) is 0. The summed E-state index contributed by atoms with van der Waals surface area (Å²) in [4.78, 5) is 0. The third-order valence-electron chi connectivity index (χ3n) is 2.05. The van der Waals surface area contributed by atoms with E-state index in [4.69, 9.17) is 5.11 Å². The van der Waals surface area contributed by atoms with Crippen molar-refractivity contribution in [2.24, 2.45) is 5.92 Å². The highest BCUT2D eigenvalue weighted by Gasteiger charge is 2.02. The van der Waals surface area contributed by atoms with Crippen LogP contribution in [0.3, 0.4) is 0 Å². The van der Waals surface area contributed by atoms with E-state index >= 15 is 0 Å². The van der Waals surface area contributed by atoms with Gasteiger partial charge in [0.15, 0.2) is 0 Å². The van der Waals surface area contributed by atoms with Crippen LogP contribution in [0.4, 0.5) is 0 Å². The van der Waals surface area contributed by atoms with Crippen molar-refractivity contribution in [1.82, 2.24) is 0 Å². The van der Waals surface area contributed by atoms with Crippen LogP contribution in [-0.2, 0) is 0 Å². The predicted octanol–water partition coefficient (Wildman–Crippen LogP) is 5.42. The Hall–Kier alpha value is -0.0400. The maximum absolute atomic E-state index is 8.83. The molecule has 0 aliphatic rings. The molecule has 0 heterocycles. The van der Waals surface area contributed by atoms with Gasteiger partial charge in [0.1, 0.15) is 0 Å². The molecule has 16 heavy (non-hydrogen) atoms. The molecule has 0 saturated heterocycles. The summed E-state index contributed by atoms with van der Waals surface area (Å²) in [6.07, 6.45) is 8.72. The summed E-state index contributed by atoms with van der Waals surface area (Å²) in [7, 11) is 0. The fraction of sp³-hybridized carbons (Fsp3) is 1.00. The Morgan fingerprint density at radius 3 is 1.50 bits per heavy atom. The number of unbranched alkanes of at least 4 members (excludes halogenated alkanes) is 2. The Morgan fingerprint density at radius 2 is 1.25 bits per heavy atom. The van der Waals surface area contributed by atoms with Crippen LogP contribution in [0.25, 0.3) is 0 Å². The monoisotopic (exact) mass is 232 g/mol. The predicted molar refractivity (Wildman–Crippen MR) is 76.9 cm³/mol. The Kier molecular flexibility index (Phi) is 32.3. The number of hydrogen-bond donors (Lipinski definition) is 1. The zero-order valence-electron chi connectivity index (χ0n) is 12.7. The van der Waals surface area contributed by atoms with Crippen LogP contribution in [0.5, 0.6) is 0 Å². The fourth-order valence-corrected chi connectivity index (χ4v) is 1.11. The van der Waals surface area contributed by atoms with Crippen LogP contribution in [-0.4, -0.2) is 11.7 Å². The van der Waals surface area contributed by atoms with Crippen molar-refractivity contribution < 1.29 is 5.11 Å². The van der Waals surface area contributed by atoms with Crippen molar-refractivity contribution >= 4 is 0 Å². The highest BCUT2D eigenvalue weighted by molar-refractivity contribution is 4.54. The second-order valence-electron chi connectivity index (χ2n) is 4.37. The highest BCUT2D eigenvalue weighted by Crippen LogP contribution is 2.11. The van der Waals surface area contributed by atoms with Crippen LogP contribution in [0.15, 0.2) is 0 Å². The standard InChI is InChI=1S/C9H20O.2C3H8/c1-3-5-6-7-9(4-2)8-10;2*1-3-2/h9-10H,3-8H2,1-2H3;2*3H2,1-2H3. The SMILES string of the molecule is CCC.CCC.CCCCCC(CC)CO. The lowest BCUT2D eigenvalue weighted by Gasteiger charge is -2.09. The van der Waals surface area contributed by atoms with Crippen LogP contribution in [0, 0.1) is 5.92 Å². The summed E-state index contributed by atoms with van der Waals surface area (Å²) in [6.45, 7) is 13.2. The lowest BCUT2D eigenvalue weighted by Crippen LogP contribution is -2.03. The topological polar surface area (TPSA) is 20.2 Å². The summed E-state index contributed by atoms with van der Waals surface area (Å²) >= 11 is 0. The first-order valence-electron chi connectivity index (χ1n) is 7.28. The molecule has 0 aromatic heterocycles. The molecule has 1 unspecified atom stereocenters. The zero-order valence-corrected chi connectivity index (χ0v) is 12.7. The van der Waals surface area contributed by atoms with Crippen LogP contribution >= 0.6 is 0 Å². The Labute approximate surface area is 105 Å². The van der Waals surface area contributed by atoms with Crippen molar-refractivity contribution in [1.29, 1.82) is 0 Å². The molecule has 0 aromatic rings. The van der Waals surface area contributed by atoms with Gasteiger partial charge in [-0.1, -0.05) is 80.1 Å². The van der Waals surface area contributed by atoms with Gasteiger partial charge in [-0.25, -0.2) is 0 Å². The second-order valence-corrected chi connectivity index (χ2v) is 4.37. The molecule has 0 bridgehead atoms. The minimum atomic E-state index is 0.375. The van der Waals surface area contributed by atoms with E-state index in [-0.39, 0.29) is 0 Å². The van der Waals surface area contributed by atoms with E-state index in [9.17, 15) is 0 Å². The molecule has 1 N–H and O–H groups in total. The van der Waals surface area contributed by atoms with Crippen molar-refractivity contribution in [3.8, 4) is 0 Å². The molecule has 0 fully saturated rings. The largest absolute Gasteiger partial charge is 0.396 e. The number of aliphatic hydroxyl groups excluding tert-OH is 1. The third-order valence-corrected chi connectivity index (χ3v) is 2.05. The van der Waals surface area contributed by atoms with E-state index in [0.29, 0.717) is 12.5 Å². The Balaban J connectivity index is -0.000000235. The molecule has 0 aliphatic heterocycles. The van der Waals surface area contributed by atoms with Crippen molar-refractivity contribution in [3.63, 3.8) is 0 Å². The molecule has 0 aromatic carbocycles. The molecule has 1 heteroatoms. The average Bonchev–Trinajstić information content (AvgIpc) is 2.27. The van der Waals surface area contributed by atoms with Gasteiger partial charge in [-0.3, -0.25) is 0 Å². The second kappa shape index (κ2) is 24.3. The van der Waals surface area contributed by atoms with Crippen LogP contribution in [0.2, 0.25) is 0 Å². The van der Waals surface area contributed by atoms with Gasteiger partial charge in [-0.05, 0) is 12.3 Å². The number of aliphatic hydroxyl groups is 1. The fourth-order valence-electron chi connectivity index (χ4n) is 1.11. The van der Waals surface area contributed by atoms with Gasteiger partial charge < -0.3 is 5.11 Å². The van der Waals surface area contributed by atoms with Gasteiger partial charge in [0.25, 0.3) is 0 Å². The molecule has 0 rings (SSSR count). The van der Waals surface area contributed by atoms with Crippen LogP contribution < -0.4 is 0 Å². The lowest BCUT2D eigenvalue weighted by molar-refractivity contribution is 0.212. The van der Waals surface area contributed by atoms with Gasteiger partial charge in [-0.2, -0.15) is 0 Å². The van der Waals surface area contributed by atoms with E-state index < -0.39 is 0 Å². The molecule has 1 atom stereocenters. The van der Waals surface area contributed by atoms with E-state index in [1.165, 1.54) is 38.5 Å². The molecule has 0 aliphatic carbocycles. The average molecular weight is 232 g/mol. The van der Waals surface area contributed by atoms with E-state index in [1.54, 1.807) is 0 Å². The summed E-state index contributed by atoms with van der Waals surface area (Å²) in [6, 6.07) is 0. The van der Waals surface area contributed by atoms with Crippen molar-refractivity contribution in [3.05, 3.63) is 0 Å². The molecule has 0 saturated carbocycles. The first-order valence-corrected chi connectivity index (χ1v) is 7.28. The number of hydrogen-bond acceptors (Lipinski definition) is 1. The molecule has 0 radical (unpaired) electrons. The quantitative estimate of drug-likeness (QED) is 0.606. The van der Waals surface area contributed by atoms with Gasteiger partial charge in [-0.15, -0.1) is 0 Å². The van der Waals surface area contributed by atoms with Gasteiger partial charge >= 0.3 is 0 Å². The van der Waals surface area contributed by atoms with Crippen LogP contribution in [0.1, 0.15) is 86.5 Å². The Bertz CT molecular complexity index is 75.5. The first kappa shape index (κ1) is 21.3. The summed E-state index contributed by atoms with van der Waals surface area (Å²) in [5.74, 6) is 0.562. The van der Waals surface area contributed by atoms with Crippen molar-refractivity contribution in [2.45, 2.75) is 86.5 Å². The summed E-state index contributed by atoms with van der Waals surface area (Å²) < 4.78 is 0. The van der Waals surface area contributed by atoms with E-state index in [2.05, 4.69) is 41.5 Å². The maximum Gasteiger partial charge on any atom is 0.0459 e. The lowest BCUT2D eigenvalue weighted by atomic mass is 10.00. The third kappa shape index (κ3) is 29.2. The summed E-state index contributed by atoms with van der Waals surface area (Å²) in [5, 5.41) is 8.83. The minimum absolute atomic E-state index is 0.375.